The van der Waals surface area contributed by atoms with Gasteiger partial charge in [0.2, 0.25) is 0 Å². The van der Waals surface area contributed by atoms with Crippen molar-refractivity contribution in [3.8, 4) is 11.4 Å². The van der Waals surface area contributed by atoms with Gasteiger partial charge >= 0.3 is 0 Å². The number of rotatable bonds is 3. The van der Waals surface area contributed by atoms with Gasteiger partial charge in [0.15, 0.2) is 10.6 Å². The van der Waals surface area contributed by atoms with Crippen LogP contribution in [-0.4, -0.2) is 16.0 Å². The van der Waals surface area contributed by atoms with E-state index in [1.807, 2.05) is 5.38 Å². The van der Waals surface area contributed by atoms with Gasteiger partial charge in [-0.1, -0.05) is 0 Å². The smallest absolute Gasteiger partial charge is 0.190 e. The number of nitrogens with zero attached hydrogens (tertiary/aromatic N) is 1. The molecule has 0 amide bonds. The molecule has 21 heavy (non-hydrogen) atoms. The summed E-state index contributed by atoms with van der Waals surface area (Å²) in [7, 11) is 0. The summed E-state index contributed by atoms with van der Waals surface area (Å²) in [5, 5.41) is 6.65. The molecule has 108 valence electrons. The Labute approximate surface area is 125 Å². The molecule has 0 bridgehead atoms. The normalized spacial score (nSPS) is 11.2. The topological polar surface area (TPSA) is 83.8 Å². The Hall–Kier alpha value is -2.34. The first kappa shape index (κ1) is 13.6. The molecular weight excluding hydrogens is 284 g/mol. The van der Waals surface area contributed by atoms with Crippen LogP contribution in [0.3, 0.4) is 0 Å². The number of hydrogen-bond donors (Lipinski definition) is 3. The van der Waals surface area contributed by atoms with Crippen molar-refractivity contribution >= 4 is 33.1 Å². The average Bonchev–Trinajstić information content (AvgIpc) is 2.85. The summed E-state index contributed by atoms with van der Waals surface area (Å²) in [6, 6.07) is 7.12. The van der Waals surface area contributed by atoms with Gasteiger partial charge in [0.25, 0.3) is 0 Å². The lowest BCUT2D eigenvalue weighted by atomic mass is 10.1. The molecule has 0 spiro atoms. The highest BCUT2D eigenvalue weighted by molar-refractivity contribution is 7.14. The summed E-state index contributed by atoms with van der Waals surface area (Å²) in [4.78, 5) is 19.9. The van der Waals surface area contributed by atoms with E-state index in [1.54, 1.807) is 24.3 Å². The lowest BCUT2D eigenvalue weighted by Gasteiger charge is -2.05. The Bertz CT molecular complexity index is 850. The number of fused-ring (bicyclic) bond motifs is 1. The number of H-pyrrole nitrogens is 1. The van der Waals surface area contributed by atoms with E-state index in [0.29, 0.717) is 22.8 Å². The molecule has 0 radical (unpaired) electrons. The summed E-state index contributed by atoms with van der Waals surface area (Å²) in [6.07, 6.45) is 0. The lowest BCUT2D eigenvalue weighted by Crippen LogP contribution is -2.09. The molecular formula is C15H16N4OS. The van der Waals surface area contributed by atoms with Crippen LogP contribution in [0.15, 0.2) is 34.4 Å². The van der Waals surface area contributed by atoms with Gasteiger partial charge in [0.05, 0.1) is 16.9 Å². The van der Waals surface area contributed by atoms with Gasteiger partial charge in [-0.15, -0.1) is 11.3 Å². The Kier molecular flexibility index (Phi) is 3.39. The number of aromatic nitrogens is 2. The molecule has 0 atom stereocenters. The van der Waals surface area contributed by atoms with Crippen molar-refractivity contribution < 1.29 is 0 Å². The van der Waals surface area contributed by atoms with Gasteiger partial charge in [0.1, 0.15) is 0 Å². The van der Waals surface area contributed by atoms with Crippen LogP contribution >= 0.6 is 11.3 Å². The highest BCUT2D eigenvalue weighted by Gasteiger charge is 2.09. The first-order valence-corrected chi connectivity index (χ1v) is 7.56. The van der Waals surface area contributed by atoms with Gasteiger partial charge in [0, 0.05) is 28.6 Å². The van der Waals surface area contributed by atoms with Crippen molar-refractivity contribution in [3.05, 3.63) is 39.9 Å². The molecule has 1 aromatic carbocycles. The minimum absolute atomic E-state index is 0.0369. The van der Waals surface area contributed by atoms with Crippen molar-refractivity contribution in [1.82, 2.24) is 9.97 Å². The molecule has 3 rings (SSSR count). The highest BCUT2D eigenvalue weighted by atomic mass is 32.1. The molecule has 0 saturated carbocycles. The third kappa shape index (κ3) is 2.75. The van der Waals surface area contributed by atoms with E-state index >= 15 is 0 Å². The minimum Gasteiger partial charge on any atom is -0.399 e. The zero-order chi connectivity index (χ0) is 15.0. The first-order valence-electron chi connectivity index (χ1n) is 6.68. The molecule has 6 heteroatoms. The fourth-order valence-corrected chi connectivity index (χ4v) is 2.98. The molecule has 2 aromatic heterocycles. The Morgan fingerprint density at radius 1 is 1.33 bits per heavy atom. The highest BCUT2D eigenvalue weighted by Crippen LogP contribution is 2.24. The SMILES string of the molecule is CC(C)Nc1nc(-c2cc(=O)c3ccc(N)cc3[nH]2)cs1. The van der Waals surface area contributed by atoms with E-state index < -0.39 is 0 Å². The maximum atomic E-state index is 12.2. The molecule has 0 aliphatic rings. The molecule has 0 aliphatic carbocycles. The second-order valence-corrected chi connectivity index (χ2v) is 6.05. The van der Waals surface area contributed by atoms with E-state index in [4.69, 9.17) is 5.73 Å². The molecule has 0 saturated heterocycles. The van der Waals surface area contributed by atoms with E-state index in [0.717, 1.165) is 16.3 Å². The van der Waals surface area contributed by atoms with Crippen LogP contribution in [0.1, 0.15) is 13.8 Å². The molecule has 2 heterocycles. The number of anilines is 2. The predicted molar refractivity (Wildman–Crippen MR) is 88.8 cm³/mol. The predicted octanol–water partition coefficient (Wildman–Crippen LogP) is 3.05. The number of benzene rings is 1. The van der Waals surface area contributed by atoms with Crippen molar-refractivity contribution in [2.24, 2.45) is 0 Å². The van der Waals surface area contributed by atoms with E-state index in [1.165, 1.54) is 11.3 Å². The van der Waals surface area contributed by atoms with Gasteiger partial charge < -0.3 is 16.0 Å². The standard InChI is InChI=1S/C15H16N4OS/c1-8(2)17-15-19-13(7-21-15)12-6-14(20)10-4-3-9(16)5-11(10)18-12/h3-8H,16H2,1-2H3,(H,17,19)(H,18,20). The molecule has 5 nitrogen and oxygen atoms in total. The van der Waals surface area contributed by atoms with Gasteiger partial charge in [-0.3, -0.25) is 4.79 Å². The van der Waals surface area contributed by atoms with Crippen LogP contribution in [-0.2, 0) is 0 Å². The number of thiazole rings is 1. The largest absolute Gasteiger partial charge is 0.399 e. The van der Waals surface area contributed by atoms with Gasteiger partial charge in [-0.05, 0) is 32.0 Å². The van der Waals surface area contributed by atoms with E-state index in [2.05, 4.69) is 29.1 Å². The third-order valence-electron chi connectivity index (χ3n) is 3.05. The number of pyridine rings is 1. The summed E-state index contributed by atoms with van der Waals surface area (Å²) in [5.41, 5.74) is 8.54. The quantitative estimate of drug-likeness (QED) is 0.649. The van der Waals surface area contributed by atoms with Gasteiger partial charge in [-0.2, -0.15) is 0 Å². The second kappa shape index (κ2) is 5.21. The van der Waals surface area contributed by atoms with Crippen LogP contribution in [0.2, 0.25) is 0 Å². The number of hydrogen-bond acceptors (Lipinski definition) is 5. The Morgan fingerprint density at radius 3 is 2.90 bits per heavy atom. The number of nitrogens with one attached hydrogen (secondary N) is 2. The van der Waals surface area contributed by atoms with Crippen molar-refractivity contribution in [2.75, 3.05) is 11.1 Å². The number of aromatic amines is 1. The molecule has 0 fully saturated rings. The fraction of sp³-hybridized carbons (Fsp3) is 0.200. The Morgan fingerprint density at radius 2 is 2.14 bits per heavy atom. The summed E-state index contributed by atoms with van der Waals surface area (Å²) in [6.45, 7) is 4.11. The maximum Gasteiger partial charge on any atom is 0.190 e. The van der Waals surface area contributed by atoms with Gasteiger partial charge in [-0.25, -0.2) is 4.98 Å². The van der Waals surface area contributed by atoms with E-state index in [9.17, 15) is 4.79 Å². The Balaban J connectivity index is 2.08. The number of nitrogen functional groups attached to an aromatic ring is 1. The molecule has 0 aliphatic heterocycles. The van der Waals surface area contributed by atoms with Crippen LogP contribution in [0.25, 0.3) is 22.3 Å². The maximum absolute atomic E-state index is 12.2. The lowest BCUT2D eigenvalue weighted by molar-refractivity contribution is 0.896. The third-order valence-corrected chi connectivity index (χ3v) is 3.82. The minimum atomic E-state index is -0.0369. The molecule has 3 aromatic rings. The molecule has 0 unspecified atom stereocenters. The zero-order valence-electron chi connectivity index (χ0n) is 11.8. The molecule has 4 N–H and O–H groups in total. The number of nitrogens with two attached hydrogens (primary N) is 1. The van der Waals surface area contributed by atoms with E-state index in [-0.39, 0.29) is 5.43 Å². The fourth-order valence-electron chi connectivity index (χ4n) is 2.12. The van der Waals surface area contributed by atoms with Crippen molar-refractivity contribution in [2.45, 2.75) is 19.9 Å². The summed E-state index contributed by atoms with van der Waals surface area (Å²) >= 11 is 1.52. The van der Waals surface area contributed by atoms with Crippen LogP contribution in [0.5, 0.6) is 0 Å². The average molecular weight is 300 g/mol. The summed E-state index contributed by atoms with van der Waals surface area (Å²) < 4.78 is 0. The second-order valence-electron chi connectivity index (χ2n) is 5.19. The van der Waals surface area contributed by atoms with Crippen molar-refractivity contribution in [3.63, 3.8) is 0 Å². The van der Waals surface area contributed by atoms with Crippen LogP contribution in [0.4, 0.5) is 10.8 Å². The zero-order valence-corrected chi connectivity index (χ0v) is 12.6. The first-order chi connectivity index (χ1) is 10.0. The van der Waals surface area contributed by atoms with Crippen LogP contribution in [0, 0.1) is 0 Å². The summed E-state index contributed by atoms with van der Waals surface area (Å²) in [5.74, 6) is 0. The monoisotopic (exact) mass is 300 g/mol. The van der Waals surface area contributed by atoms with Crippen molar-refractivity contribution in [1.29, 1.82) is 0 Å². The van der Waals surface area contributed by atoms with Crippen LogP contribution < -0.4 is 16.5 Å².